The molecule has 0 aliphatic carbocycles. The Morgan fingerprint density at radius 3 is 2.45 bits per heavy atom. The van der Waals surface area contributed by atoms with Gasteiger partial charge in [0.1, 0.15) is 0 Å². The van der Waals surface area contributed by atoms with Crippen molar-refractivity contribution in [2.75, 3.05) is 18.4 Å². The summed E-state index contributed by atoms with van der Waals surface area (Å²) in [5.74, 6) is -0.0363. The van der Waals surface area contributed by atoms with E-state index in [4.69, 9.17) is 0 Å². The Bertz CT molecular complexity index is 393. The SMILES string of the molecule is CCCCCNC(=O)c1cncc(NCCCCC)c1. The van der Waals surface area contributed by atoms with Crippen LogP contribution in [0, 0.1) is 0 Å². The number of unbranched alkanes of at least 4 members (excludes halogenated alkanes) is 4. The van der Waals surface area contributed by atoms with E-state index < -0.39 is 0 Å². The summed E-state index contributed by atoms with van der Waals surface area (Å²) >= 11 is 0. The zero-order valence-electron chi connectivity index (χ0n) is 12.7. The van der Waals surface area contributed by atoms with Crippen LogP contribution < -0.4 is 10.6 Å². The second-order valence-corrected chi connectivity index (χ2v) is 5.06. The van der Waals surface area contributed by atoms with Crippen molar-refractivity contribution in [1.29, 1.82) is 0 Å². The van der Waals surface area contributed by atoms with Crippen LogP contribution in [0.5, 0.6) is 0 Å². The molecule has 20 heavy (non-hydrogen) atoms. The maximum absolute atomic E-state index is 12.0. The lowest BCUT2D eigenvalue weighted by atomic mass is 10.2. The van der Waals surface area contributed by atoms with Crippen LogP contribution in [0.3, 0.4) is 0 Å². The van der Waals surface area contributed by atoms with Crippen LogP contribution in [0.2, 0.25) is 0 Å². The number of anilines is 1. The van der Waals surface area contributed by atoms with E-state index in [2.05, 4.69) is 29.5 Å². The summed E-state index contributed by atoms with van der Waals surface area (Å²) in [5, 5.41) is 6.24. The molecule has 4 nitrogen and oxygen atoms in total. The van der Waals surface area contributed by atoms with Crippen molar-refractivity contribution in [2.24, 2.45) is 0 Å². The molecule has 0 aliphatic heterocycles. The molecule has 0 aromatic carbocycles. The van der Waals surface area contributed by atoms with Crippen LogP contribution >= 0.6 is 0 Å². The Kier molecular flexibility index (Phi) is 8.43. The quantitative estimate of drug-likeness (QED) is 0.642. The summed E-state index contributed by atoms with van der Waals surface area (Å²) in [6.07, 6.45) is 10.3. The van der Waals surface area contributed by atoms with E-state index in [0.717, 1.165) is 44.5 Å². The van der Waals surface area contributed by atoms with Gasteiger partial charge in [-0.05, 0) is 18.9 Å². The number of rotatable bonds is 10. The number of carbonyl (C=O) groups excluding carboxylic acids is 1. The topological polar surface area (TPSA) is 54.0 Å². The minimum Gasteiger partial charge on any atom is -0.384 e. The summed E-state index contributed by atoms with van der Waals surface area (Å²) in [5.41, 5.74) is 1.55. The van der Waals surface area contributed by atoms with Crippen LogP contribution in [-0.4, -0.2) is 24.0 Å². The highest BCUT2D eigenvalue weighted by molar-refractivity contribution is 5.94. The van der Waals surface area contributed by atoms with Crippen molar-refractivity contribution in [1.82, 2.24) is 10.3 Å². The number of hydrogen-bond acceptors (Lipinski definition) is 3. The van der Waals surface area contributed by atoms with E-state index in [1.54, 1.807) is 12.4 Å². The first kappa shape index (κ1) is 16.5. The maximum Gasteiger partial charge on any atom is 0.252 e. The second-order valence-electron chi connectivity index (χ2n) is 5.06. The smallest absolute Gasteiger partial charge is 0.252 e. The summed E-state index contributed by atoms with van der Waals surface area (Å²) < 4.78 is 0. The molecule has 1 aromatic heterocycles. The van der Waals surface area contributed by atoms with E-state index in [-0.39, 0.29) is 5.91 Å². The Balaban J connectivity index is 2.39. The molecule has 1 heterocycles. The molecule has 0 saturated carbocycles. The minimum atomic E-state index is -0.0363. The fourth-order valence-electron chi connectivity index (χ4n) is 1.95. The van der Waals surface area contributed by atoms with Crippen molar-refractivity contribution < 1.29 is 4.79 Å². The third kappa shape index (κ3) is 6.55. The van der Waals surface area contributed by atoms with Gasteiger partial charge in [-0.15, -0.1) is 0 Å². The monoisotopic (exact) mass is 277 g/mol. The first-order valence-corrected chi connectivity index (χ1v) is 7.75. The Morgan fingerprint density at radius 1 is 1.05 bits per heavy atom. The highest BCUT2D eigenvalue weighted by Crippen LogP contribution is 2.09. The molecule has 0 bridgehead atoms. The average Bonchev–Trinajstić information content (AvgIpc) is 2.48. The van der Waals surface area contributed by atoms with Crippen molar-refractivity contribution >= 4 is 11.6 Å². The van der Waals surface area contributed by atoms with Crippen LogP contribution in [-0.2, 0) is 0 Å². The molecule has 0 saturated heterocycles. The number of nitrogens with zero attached hydrogens (tertiary/aromatic N) is 1. The molecule has 4 heteroatoms. The lowest BCUT2D eigenvalue weighted by Gasteiger charge is -2.08. The van der Waals surface area contributed by atoms with Gasteiger partial charge in [-0.2, -0.15) is 0 Å². The van der Waals surface area contributed by atoms with E-state index in [0.29, 0.717) is 5.56 Å². The van der Waals surface area contributed by atoms with Gasteiger partial charge in [-0.25, -0.2) is 0 Å². The predicted octanol–water partition coefficient (Wildman–Crippen LogP) is 3.60. The summed E-state index contributed by atoms with van der Waals surface area (Å²) in [6, 6.07) is 1.87. The molecular weight excluding hydrogens is 250 g/mol. The number of carbonyl (C=O) groups is 1. The van der Waals surface area contributed by atoms with Crippen molar-refractivity contribution in [3.63, 3.8) is 0 Å². The van der Waals surface area contributed by atoms with Crippen LogP contribution in [0.25, 0.3) is 0 Å². The summed E-state index contributed by atoms with van der Waals surface area (Å²) in [4.78, 5) is 16.1. The van der Waals surface area contributed by atoms with Crippen molar-refractivity contribution in [3.8, 4) is 0 Å². The third-order valence-electron chi connectivity index (χ3n) is 3.18. The van der Waals surface area contributed by atoms with E-state index in [9.17, 15) is 4.79 Å². The van der Waals surface area contributed by atoms with Crippen molar-refractivity contribution in [3.05, 3.63) is 24.0 Å². The Hall–Kier alpha value is -1.58. The first-order chi connectivity index (χ1) is 9.77. The van der Waals surface area contributed by atoms with Gasteiger partial charge >= 0.3 is 0 Å². The maximum atomic E-state index is 12.0. The van der Waals surface area contributed by atoms with Gasteiger partial charge in [0.05, 0.1) is 11.3 Å². The fraction of sp³-hybridized carbons (Fsp3) is 0.625. The van der Waals surface area contributed by atoms with Crippen LogP contribution in [0.4, 0.5) is 5.69 Å². The van der Waals surface area contributed by atoms with E-state index in [1.165, 1.54) is 12.8 Å². The molecule has 0 fully saturated rings. The number of nitrogens with one attached hydrogen (secondary N) is 2. The lowest BCUT2D eigenvalue weighted by molar-refractivity contribution is 0.0952. The standard InChI is InChI=1S/C16H27N3O/c1-3-5-7-9-18-15-11-14(12-17-13-15)16(20)19-10-8-6-4-2/h11-13,18H,3-10H2,1-2H3,(H,19,20). The summed E-state index contributed by atoms with van der Waals surface area (Å²) in [6.45, 7) is 6.00. The van der Waals surface area contributed by atoms with Gasteiger partial charge in [0, 0.05) is 25.5 Å². The molecule has 0 unspecified atom stereocenters. The number of aromatic nitrogens is 1. The lowest BCUT2D eigenvalue weighted by Crippen LogP contribution is -2.24. The van der Waals surface area contributed by atoms with Crippen LogP contribution in [0.15, 0.2) is 18.5 Å². The van der Waals surface area contributed by atoms with Gasteiger partial charge in [0.2, 0.25) is 0 Å². The second kappa shape index (κ2) is 10.2. The molecule has 0 radical (unpaired) electrons. The molecular formula is C16H27N3O. The molecule has 112 valence electrons. The van der Waals surface area contributed by atoms with E-state index in [1.807, 2.05) is 6.07 Å². The Morgan fingerprint density at radius 2 is 1.75 bits per heavy atom. The molecule has 0 spiro atoms. The molecule has 1 aromatic rings. The normalized spacial score (nSPS) is 10.3. The Labute approximate surface area is 122 Å². The average molecular weight is 277 g/mol. The minimum absolute atomic E-state index is 0.0363. The van der Waals surface area contributed by atoms with Gasteiger partial charge in [0.15, 0.2) is 0 Å². The first-order valence-electron chi connectivity index (χ1n) is 7.75. The van der Waals surface area contributed by atoms with Gasteiger partial charge in [0.25, 0.3) is 5.91 Å². The van der Waals surface area contributed by atoms with Gasteiger partial charge < -0.3 is 10.6 Å². The molecule has 1 amide bonds. The van der Waals surface area contributed by atoms with Gasteiger partial charge in [-0.3, -0.25) is 9.78 Å². The molecule has 0 aliphatic rings. The molecule has 2 N–H and O–H groups in total. The molecule has 1 rings (SSSR count). The predicted molar refractivity (Wildman–Crippen MR) is 84.1 cm³/mol. The third-order valence-corrected chi connectivity index (χ3v) is 3.18. The zero-order valence-corrected chi connectivity index (χ0v) is 12.7. The molecule has 0 atom stereocenters. The van der Waals surface area contributed by atoms with E-state index >= 15 is 0 Å². The number of amides is 1. The largest absolute Gasteiger partial charge is 0.384 e. The van der Waals surface area contributed by atoms with Crippen molar-refractivity contribution in [2.45, 2.75) is 52.4 Å². The highest BCUT2D eigenvalue weighted by atomic mass is 16.1. The highest BCUT2D eigenvalue weighted by Gasteiger charge is 2.06. The summed E-state index contributed by atoms with van der Waals surface area (Å²) in [7, 11) is 0. The van der Waals surface area contributed by atoms with Gasteiger partial charge in [-0.1, -0.05) is 39.5 Å². The number of hydrogen-bond donors (Lipinski definition) is 2. The van der Waals surface area contributed by atoms with Crippen LogP contribution in [0.1, 0.15) is 62.7 Å². The number of pyridine rings is 1. The fourth-order valence-corrected chi connectivity index (χ4v) is 1.95. The zero-order chi connectivity index (χ0) is 14.6.